The molecule has 1 aromatic carbocycles. The van der Waals surface area contributed by atoms with Crippen LogP contribution in [-0.2, 0) is 11.3 Å². The van der Waals surface area contributed by atoms with Gasteiger partial charge in [0.15, 0.2) is 11.5 Å². The van der Waals surface area contributed by atoms with Crippen LogP contribution in [0.1, 0.15) is 12.5 Å². The third kappa shape index (κ3) is 4.03. The van der Waals surface area contributed by atoms with Crippen LogP contribution in [-0.4, -0.2) is 38.0 Å². The molecule has 4 nitrogen and oxygen atoms in total. The van der Waals surface area contributed by atoms with Crippen molar-refractivity contribution in [3.63, 3.8) is 0 Å². The third-order valence-electron chi connectivity index (χ3n) is 2.90. The van der Waals surface area contributed by atoms with Gasteiger partial charge in [-0.3, -0.25) is 4.79 Å². The van der Waals surface area contributed by atoms with Crippen molar-refractivity contribution in [3.05, 3.63) is 23.8 Å². The van der Waals surface area contributed by atoms with Gasteiger partial charge in [-0.2, -0.15) is 0 Å². The molecule has 0 fully saturated rings. The smallest absolute Gasteiger partial charge is 0.226 e. The minimum absolute atomic E-state index is 0.0322. The van der Waals surface area contributed by atoms with Gasteiger partial charge in [0.25, 0.3) is 0 Å². The second-order valence-corrected chi connectivity index (χ2v) is 4.75. The molecule has 0 bridgehead atoms. The molecule has 0 saturated carbocycles. The normalized spacial score (nSPS) is 11.8. The van der Waals surface area contributed by atoms with Crippen LogP contribution in [0.15, 0.2) is 18.2 Å². The van der Waals surface area contributed by atoms with E-state index in [9.17, 15) is 4.79 Å². The van der Waals surface area contributed by atoms with Gasteiger partial charge in [0, 0.05) is 25.4 Å². The summed E-state index contributed by atoms with van der Waals surface area (Å²) < 4.78 is 10.4. The maximum absolute atomic E-state index is 11.9. The number of methoxy groups -OCH3 is 2. The van der Waals surface area contributed by atoms with E-state index in [1.165, 1.54) is 0 Å². The van der Waals surface area contributed by atoms with E-state index in [2.05, 4.69) is 0 Å². The fraction of sp³-hybridized carbons (Fsp3) is 0.500. The quantitative estimate of drug-likeness (QED) is 0.754. The second-order valence-electron chi connectivity index (χ2n) is 4.44. The Morgan fingerprint density at radius 2 is 1.95 bits per heavy atom. The predicted molar refractivity (Wildman–Crippen MR) is 75.9 cm³/mol. The molecule has 1 amide bonds. The number of alkyl halides is 1. The number of hydrogen-bond donors (Lipinski definition) is 0. The van der Waals surface area contributed by atoms with Gasteiger partial charge < -0.3 is 14.4 Å². The highest BCUT2D eigenvalue weighted by molar-refractivity contribution is 6.19. The zero-order chi connectivity index (χ0) is 14.4. The molecule has 0 aliphatic rings. The molecule has 0 aliphatic carbocycles. The summed E-state index contributed by atoms with van der Waals surface area (Å²) in [5, 5.41) is 0. The first-order chi connectivity index (χ1) is 9.03. The van der Waals surface area contributed by atoms with E-state index in [1.807, 2.05) is 25.1 Å². The molecule has 1 aromatic rings. The maximum Gasteiger partial charge on any atom is 0.226 e. The molecule has 0 saturated heterocycles. The number of halogens is 1. The van der Waals surface area contributed by atoms with E-state index in [4.69, 9.17) is 21.1 Å². The van der Waals surface area contributed by atoms with Crippen LogP contribution >= 0.6 is 11.6 Å². The lowest BCUT2D eigenvalue weighted by molar-refractivity contribution is -0.133. The summed E-state index contributed by atoms with van der Waals surface area (Å²) in [7, 11) is 4.95. The highest BCUT2D eigenvalue weighted by Gasteiger charge is 2.17. The Hall–Kier alpha value is -1.42. The molecule has 0 spiro atoms. The molecule has 1 unspecified atom stereocenters. The average molecular weight is 286 g/mol. The summed E-state index contributed by atoms with van der Waals surface area (Å²) in [5.74, 6) is 1.52. The molecule has 0 aliphatic heterocycles. The third-order valence-corrected chi connectivity index (χ3v) is 3.36. The number of benzene rings is 1. The molecule has 106 valence electrons. The zero-order valence-corrected chi connectivity index (χ0v) is 12.5. The molecule has 19 heavy (non-hydrogen) atoms. The van der Waals surface area contributed by atoms with Gasteiger partial charge in [-0.1, -0.05) is 13.0 Å². The first-order valence-corrected chi connectivity index (χ1v) is 6.58. The summed E-state index contributed by atoms with van der Waals surface area (Å²) in [5.41, 5.74) is 0.982. The summed E-state index contributed by atoms with van der Waals surface area (Å²) in [6.45, 7) is 2.33. The monoisotopic (exact) mass is 285 g/mol. The Morgan fingerprint density at radius 1 is 1.32 bits per heavy atom. The molecule has 1 atom stereocenters. The first kappa shape index (κ1) is 15.6. The van der Waals surface area contributed by atoms with E-state index in [0.29, 0.717) is 23.9 Å². The Bertz CT molecular complexity index is 437. The number of rotatable bonds is 6. The van der Waals surface area contributed by atoms with Crippen LogP contribution in [0.4, 0.5) is 0 Å². The number of hydrogen-bond acceptors (Lipinski definition) is 3. The Balaban J connectivity index is 2.79. The second kappa shape index (κ2) is 7.24. The summed E-state index contributed by atoms with van der Waals surface area (Å²) >= 11 is 5.70. The van der Waals surface area contributed by atoms with Crippen molar-refractivity contribution in [1.82, 2.24) is 4.90 Å². The van der Waals surface area contributed by atoms with Crippen molar-refractivity contribution in [1.29, 1.82) is 0 Å². The lowest BCUT2D eigenvalue weighted by Crippen LogP contribution is -2.31. The van der Waals surface area contributed by atoms with Crippen LogP contribution in [0.2, 0.25) is 0 Å². The number of amides is 1. The van der Waals surface area contributed by atoms with Crippen molar-refractivity contribution in [2.75, 3.05) is 27.1 Å². The minimum Gasteiger partial charge on any atom is -0.493 e. The average Bonchev–Trinajstić information content (AvgIpc) is 2.45. The van der Waals surface area contributed by atoms with Crippen molar-refractivity contribution in [2.24, 2.45) is 5.92 Å². The standard InChI is InChI=1S/C14H20ClNO3/c1-10(8-15)14(17)16(2)9-11-5-6-12(18-3)13(7-11)19-4/h5-7,10H,8-9H2,1-4H3. The number of carbonyl (C=O) groups excluding carboxylic acids is 1. The van der Waals surface area contributed by atoms with Gasteiger partial charge in [-0.05, 0) is 17.7 Å². The van der Waals surface area contributed by atoms with Crippen LogP contribution in [0.5, 0.6) is 11.5 Å². The Labute approximate surface area is 119 Å². The van der Waals surface area contributed by atoms with Crippen LogP contribution < -0.4 is 9.47 Å². The zero-order valence-electron chi connectivity index (χ0n) is 11.8. The SMILES string of the molecule is COc1ccc(CN(C)C(=O)C(C)CCl)cc1OC. The number of nitrogens with zero attached hydrogens (tertiary/aromatic N) is 1. The molecule has 0 radical (unpaired) electrons. The minimum atomic E-state index is -0.174. The van der Waals surface area contributed by atoms with E-state index in [1.54, 1.807) is 26.2 Å². The molecular weight excluding hydrogens is 266 g/mol. The fourth-order valence-electron chi connectivity index (χ4n) is 1.77. The molecule has 5 heteroatoms. The summed E-state index contributed by atoms with van der Waals surface area (Å²) in [6.07, 6.45) is 0. The van der Waals surface area contributed by atoms with Crippen LogP contribution in [0.25, 0.3) is 0 Å². The highest BCUT2D eigenvalue weighted by atomic mass is 35.5. The fourth-order valence-corrected chi connectivity index (χ4v) is 1.90. The largest absolute Gasteiger partial charge is 0.493 e. The summed E-state index contributed by atoms with van der Waals surface area (Å²) in [6, 6.07) is 5.61. The first-order valence-electron chi connectivity index (χ1n) is 6.05. The van der Waals surface area contributed by atoms with Gasteiger partial charge >= 0.3 is 0 Å². The molecule has 0 aromatic heterocycles. The Kier molecular flexibility index (Phi) is 5.96. The van der Waals surface area contributed by atoms with Gasteiger partial charge in [-0.15, -0.1) is 11.6 Å². The van der Waals surface area contributed by atoms with Crippen molar-refractivity contribution >= 4 is 17.5 Å². The van der Waals surface area contributed by atoms with Gasteiger partial charge in [0.1, 0.15) is 0 Å². The molecule has 0 heterocycles. The highest BCUT2D eigenvalue weighted by Crippen LogP contribution is 2.28. The number of ether oxygens (including phenoxy) is 2. The van der Waals surface area contributed by atoms with Gasteiger partial charge in [-0.25, -0.2) is 0 Å². The predicted octanol–water partition coefficient (Wildman–Crippen LogP) is 2.54. The van der Waals surface area contributed by atoms with Crippen LogP contribution in [0.3, 0.4) is 0 Å². The number of carbonyl (C=O) groups is 1. The lowest BCUT2D eigenvalue weighted by atomic mass is 10.1. The van der Waals surface area contributed by atoms with Crippen molar-refractivity contribution in [2.45, 2.75) is 13.5 Å². The van der Waals surface area contributed by atoms with E-state index in [0.717, 1.165) is 5.56 Å². The van der Waals surface area contributed by atoms with Gasteiger partial charge in [0.2, 0.25) is 5.91 Å². The van der Waals surface area contributed by atoms with E-state index < -0.39 is 0 Å². The molecule has 1 rings (SSSR count). The van der Waals surface area contributed by atoms with Gasteiger partial charge in [0.05, 0.1) is 14.2 Å². The summed E-state index contributed by atoms with van der Waals surface area (Å²) in [4.78, 5) is 13.6. The lowest BCUT2D eigenvalue weighted by Gasteiger charge is -2.21. The van der Waals surface area contributed by atoms with E-state index >= 15 is 0 Å². The van der Waals surface area contributed by atoms with Crippen molar-refractivity contribution in [3.8, 4) is 11.5 Å². The molecule has 0 N–H and O–H groups in total. The Morgan fingerprint density at radius 3 is 2.47 bits per heavy atom. The van der Waals surface area contributed by atoms with Crippen molar-refractivity contribution < 1.29 is 14.3 Å². The molecular formula is C14H20ClNO3. The van der Waals surface area contributed by atoms with Crippen LogP contribution in [0, 0.1) is 5.92 Å². The topological polar surface area (TPSA) is 38.8 Å². The van der Waals surface area contributed by atoms with E-state index in [-0.39, 0.29) is 11.8 Å². The maximum atomic E-state index is 11.9.